The summed E-state index contributed by atoms with van der Waals surface area (Å²) in [5.74, 6) is 0. The van der Waals surface area contributed by atoms with Crippen molar-refractivity contribution in [2.45, 2.75) is 25.0 Å². The van der Waals surface area contributed by atoms with Crippen LogP contribution >= 0.6 is 31.9 Å². The Morgan fingerprint density at radius 1 is 0.531 bits per heavy atom. The SMILES string of the molecule is Cc1ccc(C2(O)c3cc(Br)ccc3-c3ccc(Br)cc3C2(O)c2ccc(C)cc2)cc1. The molecule has 32 heavy (non-hydrogen) atoms. The van der Waals surface area contributed by atoms with Crippen molar-refractivity contribution < 1.29 is 10.2 Å². The zero-order chi connectivity index (χ0) is 22.7. The van der Waals surface area contributed by atoms with Crippen molar-refractivity contribution in [2.24, 2.45) is 0 Å². The fourth-order valence-corrected chi connectivity index (χ4v) is 5.53. The van der Waals surface area contributed by atoms with Gasteiger partial charge in [-0.3, -0.25) is 0 Å². The molecule has 4 aromatic carbocycles. The van der Waals surface area contributed by atoms with E-state index in [-0.39, 0.29) is 0 Å². The second kappa shape index (κ2) is 7.67. The molecule has 2 nitrogen and oxygen atoms in total. The van der Waals surface area contributed by atoms with Crippen molar-refractivity contribution in [1.29, 1.82) is 0 Å². The summed E-state index contributed by atoms with van der Waals surface area (Å²) >= 11 is 7.16. The fraction of sp³-hybridized carbons (Fsp3) is 0.143. The Morgan fingerprint density at radius 2 is 0.875 bits per heavy atom. The molecule has 0 fully saturated rings. The Balaban J connectivity index is 1.96. The maximum Gasteiger partial charge on any atom is 0.152 e. The minimum atomic E-state index is -1.72. The molecule has 4 heteroatoms. The number of aryl methyl sites for hydroxylation is 2. The standard InChI is InChI=1S/C28H22Br2O2/c1-17-3-7-19(8-4-17)27(31)25-15-21(29)11-13-23(25)24-14-12-22(30)16-26(24)28(27,32)20-9-5-18(2)6-10-20/h3-16,31-32H,1-2H3. The summed E-state index contributed by atoms with van der Waals surface area (Å²) in [6, 6.07) is 27.3. The quantitative estimate of drug-likeness (QED) is 0.283. The van der Waals surface area contributed by atoms with E-state index < -0.39 is 11.2 Å². The Labute approximate surface area is 204 Å². The first kappa shape index (κ1) is 21.6. The average molecular weight is 550 g/mol. The van der Waals surface area contributed by atoms with Gasteiger partial charge in [0.05, 0.1) is 0 Å². The highest BCUT2D eigenvalue weighted by Gasteiger charge is 2.58. The number of hydrogen-bond donors (Lipinski definition) is 2. The monoisotopic (exact) mass is 548 g/mol. The predicted molar refractivity (Wildman–Crippen MR) is 136 cm³/mol. The third kappa shape index (κ3) is 3.05. The number of aliphatic hydroxyl groups is 2. The number of rotatable bonds is 2. The van der Waals surface area contributed by atoms with E-state index in [2.05, 4.69) is 31.9 Å². The highest BCUT2D eigenvalue weighted by atomic mass is 79.9. The van der Waals surface area contributed by atoms with Crippen molar-refractivity contribution in [3.8, 4) is 11.1 Å². The molecule has 1 aliphatic rings. The molecule has 0 aromatic heterocycles. The molecule has 0 aliphatic heterocycles. The van der Waals surface area contributed by atoms with Gasteiger partial charge in [0, 0.05) is 20.1 Å². The first-order chi connectivity index (χ1) is 15.2. The van der Waals surface area contributed by atoms with E-state index in [1.165, 1.54) is 0 Å². The van der Waals surface area contributed by atoms with Gasteiger partial charge in [0.25, 0.3) is 0 Å². The van der Waals surface area contributed by atoms with Gasteiger partial charge in [-0.2, -0.15) is 0 Å². The van der Waals surface area contributed by atoms with Crippen LogP contribution in [0.25, 0.3) is 11.1 Å². The molecular weight excluding hydrogens is 528 g/mol. The van der Waals surface area contributed by atoms with E-state index in [0.29, 0.717) is 22.3 Å². The zero-order valence-corrected chi connectivity index (χ0v) is 20.9. The summed E-state index contributed by atoms with van der Waals surface area (Å²) in [5.41, 5.74) is 3.13. The van der Waals surface area contributed by atoms with Crippen molar-refractivity contribution in [1.82, 2.24) is 0 Å². The Morgan fingerprint density at radius 3 is 1.22 bits per heavy atom. The largest absolute Gasteiger partial charge is 0.377 e. The maximum atomic E-state index is 12.7. The lowest BCUT2D eigenvalue weighted by atomic mass is 9.60. The smallest absolute Gasteiger partial charge is 0.152 e. The third-order valence-electron chi connectivity index (χ3n) is 6.50. The maximum absolute atomic E-state index is 12.7. The molecular formula is C28H22Br2O2. The first-order valence-electron chi connectivity index (χ1n) is 10.4. The fourth-order valence-electron chi connectivity index (χ4n) is 4.81. The van der Waals surface area contributed by atoms with E-state index in [4.69, 9.17) is 0 Å². The molecule has 0 heterocycles. The summed E-state index contributed by atoms with van der Waals surface area (Å²) in [4.78, 5) is 0. The predicted octanol–water partition coefficient (Wildman–Crippen LogP) is 6.98. The minimum Gasteiger partial charge on any atom is -0.377 e. The van der Waals surface area contributed by atoms with E-state index in [1.807, 2.05) is 98.8 Å². The first-order valence-corrected chi connectivity index (χ1v) is 12.0. The lowest BCUT2D eigenvalue weighted by molar-refractivity contribution is -0.114. The van der Waals surface area contributed by atoms with Gasteiger partial charge in [0.1, 0.15) is 0 Å². The molecule has 1 aliphatic carbocycles. The van der Waals surface area contributed by atoms with Crippen molar-refractivity contribution in [2.75, 3.05) is 0 Å². The van der Waals surface area contributed by atoms with Crippen molar-refractivity contribution in [3.05, 3.63) is 127 Å². The molecule has 0 saturated heterocycles. The molecule has 2 atom stereocenters. The van der Waals surface area contributed by atoms with Crippen molar-refractivity contribution in [3.63, 3.8) is 0 Å². The topological polar surface area (TPSA) is 40.5 Å². The van der Waals surface area contributed by atoms with Crippen LogP contribution in [0.1, 0.15) is 33.4 Å². The summed E-state index contributed by atoms with van der Waals surface area (Å²) in [6.45, 7) is 4.02. The Bertz CT molecular complexity index is 1220. The number of fused-ring (bicyclic) bond motifs is 3. The molecule has 4 aromatic rings. The van der Waals surface area contributed by atoms with Crippen LogP contribution < -0.4 is 0 Å². The van der Waals surface area contributed by atoms with Gasteiger partial charge >= 0.3 is 0 Å². The summed E-state index contributed by atoms with van der Waals surface area (Å²) in [7, 11) is 0. The summed E-state index contributed by atoms with van der Waals surface area (Å²) in [5, 5.41) is 25.4. The molecule has 0 amide bonds. The van der Waals surface area contributed by atoms with Crippen LogP contribution in [0.5, 0.6) is 0 Å². The summed E-state index contributed by atoms with van der Waals surface area (Å²) < 4.78 is 1.68. The molecule has 160 valence electrons. The zero-order valence-electron chi connectivity index (χ0n) is 17.7. The lowest BCUT2D eigenvalue weighted by Gasteiger charge is -2.49. The lowest BCUT2D eigenvalue weighted by Crippen LogP contribution is -2.53. The second-order valence-corrected chi connectivity index (χ2v) is 10.4. The van der Waals surface area contributed by atoms with E-state index in [0.717, 1.165) is 31.2 Å². The highest BCUT2D eigenvalue weighted by molar-refractivity contribution is 9.10. The molecule has 0 bridgehead atoms. The molecule has 0 saturated carbocycles. The number of hydrogen-bond acceptors (Lipinski definition) is 2. The van der Waals surface area contributed by atoms with Gasteiger partial charge in [-0.1, -0.05) is 104 Å². The van der Waals surface area contributed by atoms with Crippen LogP contribution in [0.4, 0.5) is 0 Å². The van der Waals surface area contributed by atoms with Gasteiger partial charge in [-0.25, -0.2) is 0 Å². The average Bonchev–Trinajstić information content (AvgIpc) is 2.78. The molecule has 0 spiro atoms. The van der Waals surface area contributed by atoms with E-state index in [9.17, 15) is 10.2 Å². The normalized spacial score (nSPS) is 21.7. The second-order valence-electron chi connectivity index (χ2n) is 8.53. The number of halogens is 2. The van der Waals surface area contributed by atoms with Crippen LogP contribution in [0.3, 0.4) is 0 Å². The van der Waals surface area contributed by atoms with Gasteiger partial charge in [0.15, 0.2) is 11.2 Å². The van der Waals surface area contributed by atoms with E-state index >= 15 is 0 Å². The van der Waals surface area contributed by atoms with Crippen LogP contribution in [-0.2, 0) is 11.2 Å². The molecule has 5 rings (SSSR count). The van der Waals surface area contributed by atoms with Crippen LogP contribution in [0, 0.1) is 13.8 Å². The van der Waals surface area contributed by atoms with Crippen LogP contribution in [-0.4, -0.2) is 10.2 Å². The molecule has 2 N–H and O–H groups in total. The van der Waals surface area contributed by atoms with Gasteiger partial charge < -0.3 is 10.2 Å². The molecule has 2 unspecified atom stereocenters. The minimum absolute atomic E-state index is 0.635. The van der Waals surface area contributed by atoms with Gasteiger partial charge in [0.2, 0.25) is 0 Å². The third-order valence-corrected chi connectivity index (χ3v) is 7.48. The van der Waals surface area contributed by atoms with E-state index in [1.54, 1.807) is 0 Å². The highest BCUT2D eigenvalue weighted by Crippen LogP contribution is 2.58. The summed E-state index contributed by atoms with van der Waals surface area (Å²) in [6.07, 6.45) is 0. The van der Waals surface area contributed by atoms with Gasteiger partial charge in [-0.05, 0) is 60.4 Å². The van der Waals surface area contributed by atoms with Crippen molar-refractivity contribution >= 4 is 31.9 Å². The van der Waals surface area contributed by atoms with Crippen LogP contribution in [0.15, 0.2) is 93.9 Å². The van der Waals surface area contributed by atoms with Crippen LogP contribution in [0.2, 0.25) is 0 Å². The molecule has 0 radical (unpaired) electrons. The Kier molecular flexibility index (Phi) is 5.18. The Hall–Kier alpha value is -2.24. The van der Waals surface area contributed by atoms with Gasteiger partial charge in [-0.15, -0.1) is 0 Å². The number of benzene rings is 4.